The molecule has 2 aliphatic heterocycles. The number of piperazine rings is 1. The van der Waals surface area contributed by atoms with Gasteiger partial charge in [0.25, 0.3) is 0 Å². The van der Waals surface area contributed by atoms with Crippen molar-refractivity contribution in [2.24, 2.45) is 0 Å². The van der Waals surface area contributed by atoms with Crippen LogP contribution in [0.4, 0.5) is 4.79 Å². The summed E-state index contributed by atoms with van der Waals surface area (Å²) >= 11 is 0. The molecule has 0 radical (unpaired) electrons. The van der Waals surface area contributed by atoms with Gasteiger partial charge in [0.2, 0.25) is 5.91 Å². The van der Waals surface area contributed by atoms with Gasteiger partial charge in [-0.25, -0.2) is 4.79 Å². The molecule has 6 nitrogen and oxygen atoms in total. The van der Waals surface area contributed by atoms with Crippen molar-refractivity contribution >= 4 is 24.1 Å². The molecule has 0 aromatic heterocycles. The number of hydrogen-bond donors (Lipinski definition) is 2. The lowest BCUT2D eigenvalue weighted by Gasteiger charge is -2.58. The van der Waals surface area contributed by atoms with E-state index in [0.29, 0.717) is 6.54 Å². The van der Waals surface area contributed by atoms with Gasteiger partial charge >= 0.3 is 6.03 Å². The summed E-state index contributed by atoms with van der Waals surface area (Å²) in [5.41, 5.74) is 3.34. The van der Waals surface area contributed by atoms with Gasteiger partial charge in [0, 0.05) is 18.5 Å². The number of amides is 3. The molecule has 6 heteroatoms. The van der Waals surface area contributed by atoms with Crippen LogP contribution in [0.3, 0.4) is 0 Å². The zero-order chi connectivity index (χ0) is 22.8. The van der Waals surface area contributed by atoms with E-state index in [-0.39, 0.29) is 49.1 Å². The quantitative estimate of drug-likeness (QED) is 0.692. The molecule has 1 saturated carbocycles. The number of aliphatic hydroxyl groups is 1. The summed E-state index contributed by atoms with van der Waals surface area (Å²) in [5.74, 6) is -0.0567. The molecule has 0 spiro atoms. The molecule has 2 aromatic carbocycles. The largest absolute Gasteiger partial charge is 0.394 e. The van der Waals surface area contributed by atoms with Crippen LogP contribution in [-0.2, 0) is 4.79 Å². The molecule has 5 rings (SSSR count). The third-order valence-electron chi connectivity index (χ3n) is 7.31. The topological polar surface area (TPSA) is 72.9 Å². The summed E-state index contributed by atoms with van der Waals surface area (Å²) in [6, 6.07) is 18.2. The number of carbonyl (C=O) groups is 2. The molecule has 2 saturated heterocycles. The van der Waals surface area contributed by atoms with Crippen LogP contribution in [-0.4, -0.2) is 64.7 Å². The number of fused-ring (bicyclic) bond motifs is 1. The maximum Gasteiger partial charge on any atom is 0.318 e. The van der Waals surface area contributed by atoms with Gasteiger partial charge in [0.05, 0.1) is 18.7 Å². The van der Waals surface area contributed by atoms with Crippen molar-refractivity contribution in [1.82, 2.24) is 15.1 Å². The Morgan fingerprint density at radius 1 is 1.00 bits per heavy atom. The van der Waals surface area contributed by atoms with E-state index in [4.69, 9.17) is 0 Å². The smallest absolute Gasteiger partial charge is 0.318 e. The molecule has 2 heterocycles. The van der Waals surface area contributed by atoms with Crippen LogP contribution in [0.5, 0.6) is 0 Å². The fraction of sp³-hybridized carbons (Fsp3) is 0.407. The van der Waals surface area contributed by atoms with Gasteiger partial charge in [-0.2, -0.15) is 0 Å². The number of aliphatic hydroxyl groups excluding tert-OH is 1. The summed E-state index contributed by atoms with van der Waals surface area (Å²) in [5, 5.41) is 13.1. The second-order valence-corrected chi connectivity index (χ2v) is 9.37. The minimum absolute atomic E-state index is 0.0215. The number of carbonyl (C=O) groups excluding carboxylic acids is 2. The maximum absolute atomic E-state index is 12.8. The van der Waals surface area contributed by atoms with E-state index >= 15 is 0 Å². The van der Waals surface area contributed by atoms with Crippen LogP contribution >= 0.6 is 0 Å². The Labute approximate surface area is 194 Å². The van der Waals surface area contributed by atoms with Crippen LogP contribution in [0.15, 0.2) is 54.6 Å². The zero-order valence-corrected chi connectivity index (χ0v) is 18.8. The van der Waals surface area contributed by atoms with Crippen molar-refractivity contribution in [3.63, 3.8) is 0 Å². The highest BCUT2D eigenvalue weighted by Gasteiger charge is 2.54. The van der Waals surface area contributed by atoms with E-state index < -0.39 is 0 Å². The lowest BCUT2D eigenvalue weighted by molar-refractivity contribution is -0.159. The number of nitrogens with one attached hydrogen (secondary N) is 1. The molecule has 0 unspecified atom stereocenters. The Hall–Kier alpha value is -3.12. The molecule has 3 fully saturated rings. The average molecular weight is 446 g/mol. The van der Waals surface area contributed by atoms with Gasteiger partial charge in [-0.15, -0.1) is 0 Å². The predicted molar refractivity (Wildman–Crippen MR) is 128 cm³/mol. The molecular formula is C27H31N3O3. The predicted octanol–water partition coefficient (Wildman–Crippen LogP) is 3.48. The molecule has 3 atom stereocenters. The minimum atomic E-state index is -0.228. The molecule has 3 aliphatic rings. The molecule has 2 aromatic rings. The Kier molecular flexibility index (Phi) is 6.18. The lowest BCUT2D eigenvalue weighted by atomic mass is 9.73. The van der Waals surface area contributed by atoms with E-state index in [1.54, 1.807) is 9.80 Å². The molecule has 0 bridgehead atoms. The first kappa shape index (κ1) is 21.7. The van der Waals surface area contributed by atoms with E-state index in [1.165, 1.54) is 0 Å². The molecular weight excluding hydrogens is 414 g/mol. The van der Waals surface area contributed by atoms with Gasteiger partial charge in [0.15, 0.2) is 0 Å². The number of benzene rings is 2. The summed E-state index contributed by atoms with van der Waals surface area (Å²) in [4.78, 5) is 29.0. The molecule has 2 N–H and O–H groups in total. The van der Waals surface area contributed by atoms with E-state index in [9.17, 15) is 14.7 Å². The average Bonchev–Trinajstić information content (AvgIpc) is 3.33. The summed E-state index contributed by atoms with van der Waals surface area (Å²) in [6.07, 6.45) is 8.49. The molecule has 1 aliphatic carbocycles. The number of nitrogens with zero attached hydrogens (tertiary/aromatic N) is 2. The van der Waals surface area contributed by atoms with Crippen molar-refractivity contribution < 1.29 is 14.7 Å². The first-order valence-electron chi connectivity index (χ1n) is 11.9. The van der Waals surface area contributed by atoms with Gasteiger partial charge in [0.1, 0.15) is 6.54 Å². The third kappa shape index (κ3) is 4.40. The molecule has 3 amide bonds. The van der Waals surface area contributed by atoms with E-state index in [2.05, 4.69) is 53.9 Å². The SMILES string of the molecule is O=C(NC1CCCC1)N1CC(=O)N2[C@H](CO)[C@@H](c3ccc(/C=C/c4ccccc4)cc3)[C@@H]2C1. The van der Waals surface area contributed by atoms with Crippen LogP contribution in [0.25, 0.3) is 12.2 Å². The highest BCUT2D eigenvalue weighted by Crippen LogP contribution is 2.43. The standard InChI is InChI=1S/C27H31N3O3/c31-18-24-26(21-14-12-20(13-15-21)11-10-19-6-2-1-3-7-19)23-16-29(17-25(32)30(23)24)27(33)28-22-8-4-5-9-22/h1-3,6-7,10-15,22-24,26,31H,4-5,8-9,16-18H2,(H,28,33)/b11-10+/t23-,24+,26-/m0/s1. The summed E-state index contributed by atoms with van der Waals surface area (Å²) in [7, 11) is 0. The minimum Gasteiger partial charge on any atom is -0.394 e. The van der Waals surface area contributed by atoms with E-state index in [0.717, 1.165) is 42.4 Å². The normalized spacial score (nSPS) is 25.2. The molecule has 33 heavy (non-hydrogen) atoms. The first-order valence-corrected chi connectivity index (χ1v) is 11.9. The number of rotatable bonds is 5. The second-order valence-electron chi connectivity index (χ2n) is 9.37. The Bertz CT molecular complexity index is 1010. The van der Waals surface area contributed by atoms with Crippen LogP contribution in [0, 0.1) is 0 Å². The van der Waals surface area contributed by atoms with E-state index in [1.807, 2.05) is 18.2 Å². The van der Waals surface area contributed by atoms with Crippen molar-refractivity contribution in [3.8, 4) is 0 Å². The Morgan fingerprint density at radius 2 is 1.67 bits per heavy atom. The van der Waals surface area contributed by atoms with Gasteiger partial charge in [-0.1, -0.05) is 79.6 Å². The van der Waals surface area contributed by atoms with Gasteiger partial charge in [-0.3, -0.25) is 4.79 Å². The zero-order valence-electron chi connectivity index (χ0n) is 18.8. The van der Waals surface area contributed by atoms with Crippen LogP contribution in [0.2, 0.25) is 0 Å². The maximum atomic E-state index is 12.8. The van der Waals surface area contributed by atoms with Gasteiger partial charge in [-0.05, 0) is 29.5 Å². The Balaban J connectivity index is 1.28. The monoisotopic (exact) mass is 445 g/mol. The first-order chi connectivity index (χ1) is 16.1. The van der Waals surface area contributed by atoms with Crippen LogP contribution in [0.1, 0.15) is 48.3 Å². The third-order valence-corrected chi connectivity index (χ3v) is 7.31. The summed E-state index contributed by atoms with van der Waals surface area (Å²) < 4.78 is 0. The number of hydrogen-bond acceptors (Lipinski definition) is 3. The Morgan fingerprint density at radius 3 is 2.33 bits per heavy atom. The van der Waals surface area contributed by atoms with Crippen molar-refractivity contribution in [2.45, 2.75) is 49.7 Å². The van der Waals surface area contributed by atoms with Gasteiger partial charge < -0.3 is 20.2 Å². The summed E-state index contributed by atoms with van der Waals surface area (Å²) in [6.45, 7) is 0.513. The fourth-order valence-corrected chi connectivity index (χ4v) is 5.58. The highest BCUT2D eigenvalue weighted by atomic mass is 16.3. The van der Waals surface area contributed by atoms with Crippen molar-refractivity contribution in [3.05, 3.63) is 71.3 Å². The molecule has 172 valence electrons. The van der Waals surface area contributed by atoms with Crippen LogP contribution < -0.4 is 5.32 Å². The fourth-order valence-electron chi connectivity index (χ4n) is 5.58. The van der Waals surface area contributed by atoms with Crippen molar-refractivity contribution in [1.29, 1.82) is 0 Å². The lowest BCUT2D eigenvalue weighted by Crippen LogP contribution is -2.74. The highest BCUT2D eigenvalue weighted by molar-refractivity contribution is 5.87. The second kappa shape index (κ2) is 9.40. The number of urea groups is 1. The van der Waals surface area contributed by atoms with Crippen molar-refractivity contribution in [2.75, 3.05) is 19.7 Å².